The second kappa shape index (κ2) is 8.84. The number of benzene rings is 2. The van der Waals surface area contributed by atoms with E-state index in [-0.39, 0.29) is 5.91 Å². The lowest BCUT2D eigenvalue weighted by molar-refractivity contribution is -0.116. The Labute approximate surface area is 192 Å². The number of nitrogens with zero attached hydrogens (tertiary/aromatic N) is 3. The zero-order valence-electron chi connectivity index (χ0n) is 17.7. The summed E-state index contributed by atoms with van der Waals surface area (Å²) < 4.78 is 27.6. The van der Waals surface area contributed by atoms with Gasteiger partial charge >= 0.3 is 0 Å². The molecule has 0 radical (unpaired) electrons. The number of piperidine rings is 1. The normalized spacial score (nSPS) is 16.9. The van der Waals surface area contributed by atoms with Crippen LogP contribution in [0.15, 0.2) is 64.5 Å². The predicted molar refractivity (Wildman–Crippen MR) is 128 cm³/mol. The van der Waals surface area contributed by atoms with Crippen LogP contribution < -0.4 is 4.90 Å². The van der Waals surface area contributed by atoms with E-state index < -0.39 is 10.0 Å². The number of thioether (sulfide) groups is 1. The molecule has 2 aliphatic heterocycles. The Morgan fingerprint density at radius 3 is 2.66 bits per heavy atom. The SMILES string of the molecule is O=C(CSc1ccnc2ccccc12)N1CCc2cc(S(=O)(=O)N3CCCCC3)ccc21. The van der Waals surface area contributed by atoms with Crippen LogP contribution in [0.5, 0.6) is 0 Å². The molecule has 0 bridgehead atoms. The van der Waals surface area contributed by atoms with E-state index in [0.717, 1.165) is 46.3 Å². The molecule has 1 amide bonds. The maximum Gasteiger partial charge on any atom is 0.243 e. The molecule has 0 aliphatic carbocycles. The van der Waals surface area contributed by atoms with Gasteiger partial charge in [-0.25, -0.2) is 8.42 Å². The molecule has 1 fully saturated rings. The number of rotatable bonds is 5. The van der Waals surface area contributed by atoms with Gasteiger partial charge in [0.2, 0.25) is 15.9 Å². The fourth-order valence-electron chi connectivity index (χ4n) is 4.46. The molecule has 2 aliphatic rings. The quantitative estimate of drug-likeness (QED) is 0.529. The van der Waals surface area contributed by atoms with E-state index in [9.17, 15) is 13.2 Å². The molecule has 5 rings (SSSR count). The maximum atomic E-state index is 13.0. The number of para-hydroxylation sites is 1. The van der Waals surface area contributed by atoms with Crippen LogP contribution >= 0.6 is 11.8 Å². The summed E-state index contributed by atoms with van der Waals surface area (Å²) in [6.45, 7) is 1.76. The number of fused-ring (bicyclic) bond motifs is 2. The molecular weight excluding hydrogens is 442 g/mol. The van der Waals surface area contributed by atoms with Crippen LogP contribution in [0.25, 0.3) is 10.9 Å². The highest BCUT2D eigenvalue weighted by atomic mass is 32.2. The molecule has 1 aromatic heterocycles. The van der Waals surface area contributed by atoms with Crippen molar-refractivity contribution in [1.82, 2.24) is 9.29 Å². The lowest BCUT2D eigenvalue weighted by Gasteiger charge is -2.26. The molecule has 1 saturated heterocycles. The average Bonchev–Trinajstić information content (AvgIpc) is 3.26. The number of amides is 1. The molecule has 6 nitrogen and oxygen atoms in total. The summed E-state index contributed by atoms with van der Waals surface area (Å²) in [5, 5.41) is 1.04. The lowest BCUT2D eigenvalue weighted by Crippen LogP contribution is -2.35. The largest absolute Gasteiger partial charge is 0.311 e. The Balaban J connectivity index is 1.31. The molecule has 2 aromatic carbocycles. The Hall–Kier alpha value is -2.42. The first-order valence-corrected chi connectivity index (χ1v) is 13.4. The Morgan fingerprint density at radius 1 is 1.00 bits per heavy atom. The molecule has 0 spiro atoms. The van der Waals surface area contributed by atoms with Gasteiger partial charge in [0.1, 0.15) is 0 Å². The minimum Gasteiger partial charge on any atom is -0.311 e. The number of hydrogen-bond acceptors (Lipinski definition) is 5. The summed E-state index contributed by atoms with van der Waals surface area (Å²) in [5.74, 6) is 0.350. The van der Waals surface area contributed by atoms with Crippen molar-refractivity contribution in [3.05, 3.63) is 60.3 Å². The van der Waals surface area contributed by atoms with Gasteiger partial charge < -0.3 is 4.90 Å². The third-order valence-electron chi connectivity index (χ3n) is 6.16. The fraction of sp³-hybridized carbons (Fsp3) is 0.333. The van der Waals surface area contributed by atoms with Crippen molar-refractivity contribution in [3.63, 3.8) is 0 Å². The first kappa shape index (κ1) is 21.4. The molecule has 3 heterocycles. The van der Waals surface area contributed by atoms with Gasteiger partial charge in [-0.2, -0.15) is 4.31 Å². The van der Waals surface area contributed by atoms with Crippen LogP contribution in [-0.4, -0.2) is 49.0 Å². The third-order valence-corrected chi connectivity index (χ3v) is 9.11. The second-order valence-electron chi connectivity index (χ2n) is 8.17. The molecule has 3 aromatic rings. The van der Waals surface area contributed by atoms with Gasteiger partial charge in [0, 0.05) is 41.8 Å². The highest BCUT2D eigenvalue weighted by molar-refractivity contribution is 8.00. The fourth-order valence-corrected chi connectivity index (χ4v) is 6.95. The van der Waals surface area contributed by atoms with Crippen molar-refractivity contribution in [1.29, 1.82) is 0 Å². The number of hydrogen-bond donors (Lipinski definition) is 0. The monoisotopic (exact) mass is 467 g/mol. The number of carbonyl (C=O) groups is 1. The van der Waals surface area contributed by atoms with E-state index in [1.165, 1.54) is 11.8 Å². The molecule has 166 valence electrons. The van der Waals surface area contributed by atoms with E-state index >= 15 is 0 Å². The highest BCUT2D eigenvalue weighted by Gasteiger charge is 2.30. The second-order valence-corrected chi connectivity index (χ2v) is 11.1. The number of aromatic nitrogens is 1. The van der Waals surface area contributed by atoms with Gasteiger partial charge in [0.05, 0.1) is 16.2 Å². The van der Waals surface area contributed by atoms with Crippen molar-refractivity contribution < 1.29 is 13.2 Å². The molecule has 0 saturated carbocycles. The molecular formula is C24H25N3O3S2. The zero-order chi connectivity index (χ0) is 22.1. The summed E-state index contributed by atoms with van der Waals surface area (Å²) in [6, 6.07) is 15.1. The standard InChI is InChI=1S/C24H25N3O3S2/c28-24(17-31-23-10-12-25-21-7-3-2-6-20(21)23)27-15-11-18-16-19(8-9-22(18)27)32(29,30)26-13-4-1-5-14-26/h2-3,6-10,12,16H,1,4-5,11,13-15,17H2. The van der Waals surface area contributed by atoms with E-state index in [4.69, 9.17) is 0 Å². The van der Waals surface area contributed by atoms with Crippen LogP contribution in [0.3, 0.4) is 0 Å². The summed E-state index contributed by atoms with van der Waals surface area (Å²) in [4.78, 5) is 20.5. The van der Waals surface area contributed by atoms with Gasteiger partial charge in [-0.1, -0.05) is 24.6 Å². The van der Waals surface area contributed by atoms with Gasteiger partial charge in [-0.3, -0.25) is 9.78 Å². The van der Waals surface area contributed by atoms with Crippen molar-refractivity contribution in [3.8, 4) is 0 Å². The summed E-state index contributed by atoms with van der Waals surface area (Å²) in [6.07, 6.45) is 5.35. The van der Waals surface area contributed by atoms with Crippen LogP contribution in [-0.2, 0) is 21.2 Å². The van der Waals surface area contributed by atoms with Crippen LogP contribution in [0.2, 0.25) is 0 Å². The first-order chi connectivity index (χ1) is 15.5. The molecule has 32 heavy (non-hydrogen) atoms. The third kappa shape index (κ3) is 4.02. The van der Waals surface area contributed by atoms with Crippen molar-refractivity contribution in [2.45, 2.75) is 35.5 Å². The topological polar surface area (TPSA) is 70.6 Å². The number of sulfonamides is 1. The summed E-state index contributed by atoms with van der Waals surface area (Å²) in [7, 11) is -3.47. The van der Waals surface area contributed by atoms with Crippen LogP contribution in [0, 0.1) is 0 Å². The number of carbonyl (C=O) groups excluding carboxylic acids is 1. The molecule has 0 atom stereocenters. The van der Waals surface area contributed by atoms with Gasteiger partial charge in [0.15, 0.2) is 0 Å². The Kier molecular flexibility index (Phi) is 5.92. The van der Waals surface area contributed by atoms with Crippen molar-refractivity contribution in [2.75, 3.05) is 30.3 Å². The lowest BCUT2D eigenvalue weighted by atomic mass is 10.2. The minimum absolute atomic E-state index is 0.0290. The maximum absolute atomic E-state index is 13.0. The highest BCUT2D eigenvalue weighted by Crippen LogP contribution is 2.33. The van der Waals surface area contributed by atoms with Crippen LogP contribution in [0.4, 0.5) is 5.69 Å². The molecule has 0 N–H and O–H groups in total. The Morgan fingerprint density at radius 2 is 1.81 bits per heavy atom. The molecule has 8 heteroatoms. The average molecular weight is 468 g/mol. The van der Waals surface area contributed by atoms with Crippen LogP contribution in [0.1, 0.15) is 24.8 Å². The van der Waals surface area contributed by atoms with Gasteiger partial charge in [0.25, 0.3) is 0 Å². The smallest absolute Gasteiger partial charge is 0.243 e. The van der Waals surface area contributed by atoms with E-state index in [0.29, 0.717) is 36.7 Å². The Bertz CT molecular complexity index is 1270. The number of pyridine rings is 1. The van der Waals surface area contributed by atoms with E-state index in [1.54, 1.807) is 33.6 Å². The predicted octanol–water partition coefficient (Wildman–Crippen LogP) is 4.09. The zero-order valence-corrected chi connectivity index (χ0v) is 19.4. The van der Waals surface area contributed by atoms with E-state index in [2.05, 4.69) is 4.98 Å². The van der Waals surface area contributed by atoms with E-state index in [1.807, 2.05) is 30.3 Å². The summed E-state index contributed by atoms with van der Waals surface area (Å²) >= 11 is 1.51. The summed E-state index contributed by atoms with van der Waals surface area (Å²) in [5.41, 5.74) is 2.67. The first-order valence-electron chi connectivity index (χ1n) is 10.9. The van der Waals surface area contributed by atoms with Gasteiger partial charge in [-0.05, 0) is 55.2 Å². The molecule has 0 unspecified atom stereocenters. The van der Waals surface area contributed by atoms with Crippen molar-refractivity contribution >= 4 is 44.3 Å². The minimum atomic E-state index is -3.47. The van der Waals surface area contributed by atoms with Gasteiger partial charge in [-0.15, -0.1) is 11.8 Å². The van der Waals surface area contributed by atoms with Crippen molar-refractivity contribution in [2.24, 2.45) is 0 Å². The number of anilines is 1.